The minimum atomic E-state index is 0.508. The monoisotopic (exact) mass is 261 g/mol. The van der Waals surface area contributed by atoms with E-state index in [4.69, 9.17) is 4.74 Å². The first-order valence-corrected chi connectivity index (χ1v) is 7.33. The van der Waals surface area contributed by atoms with Gasteiger partial charge in [-0.2, -0.15) is 0 Å². The summed E-state index contributed by atoms with van der Waals surface area (Å²) < 4.78 is 5.52. The molecule has 0 saturated heterocycles. The van der Waals surface area contributed by atoms with E-state index < -0.39 is 0 Å². The lowest BCUT2D eigenvalue weighted by Crippen LogP contribution is -2.22. The molecule has 1 fully saturated rings. The molecule has 1 saturated carbocycles. The molecular weight excluding hydrogens is 234 g/mol. The molecule has 1 N–H and O–H groups in total. The van der Waals surface area contributed by atoms with Crippen molar-refractivity contribution in [2.24, 2.45) is 5.41 Å². The van der Waals surface area contributed by atoms with Crippen molar-refractivity contribution in [1.82, 2.24) is 5.32 Å². The van der Waals surface area contributed by atoms with Crippen LogP contribution in [0.15, 0.2) is 12.1 Å². The largest absolute Gasteiger partial charge is 0.496 e. The molecule has 0 bridgehead atoms. The zero-order chi connectivity index (χ0) is 14.0. The standard InChI is InChI=1S/C17H27NO/c1-12(2)15-9-14(13(3)8-16(15)19-5)10-17(6-7-17)11-18-4/h8-9,12,18H,6-7,10-11H2,1-5H3. The topological polar surface area (TPSA) is 21.3 Å². The number of aryl methyl sites for hydroxylation is 1. The van der Waals surface area contributed by atoms with Gasteiger partial charge in [-0.05, 0) is 67.3 Å². The minimum Gasteiger partial charge on any atom is -0.496 e. The molecule has 0 spiro atoms. The minimum absolute atomic E-state index is 0.508. The van der Waals surface area contributed by atoms with Gasteiger partial charge in [0, 0.05) is 6.54 Å². The maximum Gasteiger partial charge on any atom is 0.122 e. The van der Waals surface area contributed by atoms with Crippen LogP contribution >= 0.6 is 0 Å². The lowest BCUT2D eigenvalue weighted by Gasteiger charge is -2.20. The van der Waals surface area contributed by atoms with Gasteiger partial charge in [0.15, 0.2) is 0 Å². The molecule has 19 heavy (non-hydrogen) atoms. The summed E-state index contributed by atoms with van der Waals surface area (Å²) in [6.07, 6.45) is 3.91. The second-order valence-corrected chi connectivity index (χ2v) is 6.38. The van der Waals surface area contributed by atoms with Crippen molar-refractivity contribution in [1.29, 1.82) is 0 Å². The van der Waals surface area contributed by atoms with Crippen molar-refractivity contribution >= 4 is 0 Å². The quantitative estimate of drug-likeness (QED) is 0.843. The Morgan fingerprint density at radius 2 is 2.00 bits per heavy atom. The van der Waals surface area contributed by atoms with Crippen LogP contribution in [0.3, 0.4) is 0 Å². The average Bonchev–Trinajstić information content (AvgIpc) is 3.11. The van der Waals surface area contributed by atoms with E-state index >= 15 is 0 Å². The summed E-state index contributed by atoms with van der Waals surface area (Å²) in [5.74, 6) is 1.54. The van der Waals surface area contributed by atoms with Gasteiger partial charge in [-0.15, -0.1) is 0 Å². The molecule has 106 valence electrons. The highest BCUT2D eigenvalue weighted by Gasteiger charge is 2.42. The Balaban J connectivity index is 2.28. The summed E-state index contributed by atoms with van der Waals surface area (Å²) in [5, 5.41) is 3.35. The third-order valence-corrected chi connectivity index (χ3v) is 4.38. The van der Waals surface area contributed by atoms with Crippen molar-refractivity contribution in [2.45, 2.75) is 46.0 Å². The Morgan fingerprint density at radius 3 is 2.47 bits per heavy atom. The Kier molecular flexibility index (Phi) is 4.19. The lowest BCUT2D eigenvalue weighted by atomic mass is 9.89. The van der Waals surface area contributed by atoms with Crippen LogP contribution in [0, 0.1) is 12.3 Å². The molecule has 0 unspecified atom stereocenters. The molecule has 0 aliphatic heterocycles. The number of hydrogen-bond donors (Lipinski definition) is 1. The van der Waals surface area contributed by atoms with Crippen LogP contribution in [0.4, 0.5) is 0 Å². The van der Waals surface area contributed by atoms with E-state index in [1.807, 2.05) is 0 Å². The fraction of sp³-hybridized carbons (Fsp3) is 0.647. The Morgan fingerprint density at radius 1 is 1.32 bits per heavy atom. The Bertz CT molecular complexity index is 447. The lowest BCUT2D eigenvalue weighted by molar-refractivity contribution is 0.406. The SMILES string of the molecule is CNCC1(Cc2cc(C(C)C)c(OC)cc2C)CC1. The van der Waals surface area contributed by atoms with E-state index in [0.717, 1.165) is 12.3 Å². The number of benzene rings is 1. The van der Waals surface area contributed by atoms with Crippen molar-refractivity contribution in [3.05, 3.63) is 28.8 Å². The van der Waals surface area contributed by atoms with Gasteiger partial charge in [0.2, 0.25) is 0 Å². The van der Waals surface area contributed by atoms with Crippen LogP contribution in [-0.2, 0) is 6.42 Å². The summed E-state index contributed by atoms with van der Waals surface area (Å²) in [6, 6.07) is 4.58. The van der Waals surface area contributed by atoms with E-state index in [-0.39, 0.29) is 0 Å². The van der Waals surface area contributed by atoms with Crippen molar-refractivity contribution < 1.29 is 4.74 Å². The molecular formula is C17H27NO. The van der Waals surface area contributed by atoms with Crippen LogP contribution in [0.2, 0.25) is 0 Å². The molecule has 1 aromatic rings. The molecule has 0 atom stereocenters. The molecule has 2 nitrogen and oxygen atoms in total. The fourth-order valence-electron chi connectivity index (χ4n) is 2.94. The Hall–Kier alpha value is -1.02. The molecule has 0 heterocycles. The van der Waals surface area contributed by atoms with E-state index in [9.17, 15) is 0 Å². The third-order valence-electron chi connectivity index (χ3n) is 4.38. The number of methoxy groups -OCH3 is 1. The number of rotatable bonds is 6. The summed E-state index contributed by atoms with van der Waals surface area (Å²) in [6.45, 7) is 7.81. The van der Waals surface area contributed by atoms with Crippen molar-refractivity contribution in [3.63, 3.8) is 0 Å². The maximum atomic E-state index is 5.52. The van der Waals surface area contributed by atoms with E-state index in [0.29, 0.717) is 11.3 Å². The molecule has 1 aromatic carbocycles. The first-order chi connectivity index (χ1) is 9.01. The van der Waals surface area contributed by atoms with Crippen molar-refractivity contribution in [3.8, 4) is 5.75 Å². The number of nitrogens with one attached hydrogen (secondary N) is 1. The van der Waals surface area contributed by atoms with Crippen LogP contribution in [0.5, 0.6) is 5.75 Å². The van der Waals surface area contributed by atoms with Crippen LogP contribution in [-0.4, -0.2) is 20.7 Å². The average molecular weight is 261 g/mol. The van der Waals surface area contributed by atoms with Gasteiger partial charge in [0.25, 0.3) is 0 Å². The summed E-state index contributed by atoms with van der Waals surface area (Å²) in [5.41, 5.74) is 4.71. The van der Waals surface area contributed by atoms with Gasteiger partial charge >= 0.3 is 0 Å². The molecule has 2 rings (SSSR count). The van der Waals surface area contributed by atoms with E-state index in [1.54, 1.807) is 7.11 Å². The third kappa shape index (κ3) is 3.11. The van der Waals surface area contributed by atoms with Gasteiger partial charge < -0.3 is 10.1 Å². The van der Waals surface area contributed by atoms with Gasteiger partial charge in [0.05, 0.1) is 7.11 Å². The second kappa shape index (κ2) is 5.54. The first kappa shape index (κ1) is 14.4. The van der Waals surface area contributed by atoms with Gasteiger partial charge in [-0.1, -0.05) is 19.9 Å². The zero-order valence-electron chi connectivity index (χ0n) is 13.0. The smallest absolute Gasteiger partial charge is 0.122 e. The molecule has 1 aliphatic carbocycles. The fourth-order valence-corrected chi connectivity index (χ4v) is 2.94. The summed E-state index contributed by atoms with van der Waals surface area (Å²) in [7, 11) is 3.82. The highest BCUT2D eigenvalue weighted by molar-refractivity contribution is 5.44. The molecule has 0 aromatic heterocycles. The van der Waals surface area contributed by atoms with Gasteiger partial charge in [-0.25, -0.2) is 0 Å². The normalized spacial score (nSPS) is 16.7. The first-order valence-electron chi connectivity index (χ1n) is 7.33. The highest BCUT2D eigenvalue weighted by atomic mass is 16.5. The maximum absolute atomic E-state index is 5.52. The molecule has 0 radical (unpaired) electrons. The Labute approximate surface area is 117 Å². The van der Waals surface area contributed by atoms with Gasteiger partial charge in [-0.3, -0.25) is 0 Å². The predicted molar refractivity (Wildman–Crippen MR) is 81.1 cm³/mol. The van der Waals surface area contributed by atoms with Crippen LogP contribution in [0.1, 0.15) is 49.3 Å². The zero-order valence-corrected chi connectivity index (χ0v) is 13.0. The van der Waals surface area contributed by atoms with E-state index in [2.05, 4.69) is 45.3 Å². The van der Waals surface area contributed by atoms with Gasteiger partial charge in [0.1, 0.15) is 5.75 Å². The summed E-state index contributed by atoms with van der Waals surface area (Å²) in [4.78, 5) is 0. The number of ether oxygens (including phenoxy) is 1. The predicted octanol–water partition coefficient (Wildman–Crippen LogP) is 3.67. The molecule has 1 aliphatic rings. The van der Waals surface area contributed by atoms with Crippen LogP contribution < -0.4 is 10.1 Å². The molecule has 2 heteroatoms. The highest BCUT2D eigenvalue weighted by Crippen LogP contribution is 2.48. The molecule has 0 amide bonds. The number of hydrogen-bond acceptors (Lipinski definition) is 2. The summed E-state index contributed by atoms with van der Waals surface area (Å²) >= 11 is 0. The second-order valence-electron chi connectivity index (χ2n) is 6.38. The van der Waals surface area contributed by atoms with Crippen molar-refractivity contribution in [2.75, 3.05) is 20.7 Å². The van der Waals surface area contributed by atoms with Crippen LogP contribution in [0.25, 0.3) is 0 Å². The van der Waals surface area contributed by atoms with E-state index in [1.165, 1.54) is 36.0 Å².